The molecule has 4 aromatic carbocycles. The molecule has 40 heavy (non-hydrogen) atoms. The first-order valence-electron chi connectivity index (χ1n) is 13.7. The van der Waals surface area contributed by atoms with Crippen LogP contribution < -0.4 is 0 Å². The van der Waals surface area contributed by atoms with E-state index < -0.39 is 17.1 Å². The van der Waals surface area contributed by atoms with Crippen molar-refractivity contribution in [3.63, 3.8) is 0 Å². The van der Waals surface area contributed by atoms with Crippen LogP contribution in [0.5, 0.6) is 0 Å². The summed E-state index contributed by atoms with van der Waals surface area (Å²) in [5.74, 6) is 0. The fourth-order valence-electron chi connectivity index (χ4n) is 8.40. The molecule has 2 unspecified atom stereocenters. The Morgan fingerprint density at radius 2 is 0.900 bits per heavy atom. The van der Waals surface area contributed by atoms with Crippen molar-refractivity contribution in [1.29, 1.82) is 0 Å². The second kappa shape index (κ2) is 9.06. The van der Waals surface area contributed by atoms with Crippen LogP contribution in [0.4, 0.5) is 0 Å². The number of halogens is 2. The number of aryl methyl sites for hydroxylation is 2. The Kier molecular flexibility index (Phi) is 6.29. The zero-order valence-electron chi connectivity index (χ0n) is 23.3. The third kappa shape index (κ3) is 3.31. The minimum absolute atomic E-state index is 0. The summed E-state index contributed by atoms with van der Waals surface area (Å²) in [4.78, 5) is 0. The van der Waals surface area contributed by atoms with Gasteiger partial charge in [0.15, 0.2) is 0 Å². The molecule has 0 aliphatic heterocycles. The molecule has 0 saturated carbocycles. The zero-order valence-corrected chi connectivity index (χ0v) is 30.0. The zero-order chi connectivity index (χ0) is 26.0. The van der Waals surface area contributed by atoms with Gasteiger partial charge in [-0.15, -0.1) is 24.8 Å². The standard InChI is InChI=1S/2C16H12N.2CH3.2ClH.Hf.H2Si/c2*1-17-14-9-5-4-8-13(14)16-12-7-3-2-6-11(12)10-15(16)17;;;;;;/h2*2-10H,1H3;2*1H3;2*1H;;1H2. The Morgan fingerprint density at radius 1 is 0.550 bits per heavy atom. The molecule has 2 nitrogen and oxygen atoms in total. The van der Waals surface area contributed by atoms with Crippen molar-refractivity contribution in [3.8, 4) is 22.3 Å². The second-order valence-electron chi connectivity index (χ2n) is 12.7. The van der Waals surface area contributed by atoms with Crippen LogP contribution in [-0.4, -0.2) is 16.1 Å². The molecule has 2 atom stereocenters. The van der Waals surface area contributed by atoms with Gasteiger partial charge in [-0.2, -0.15) is 0 Å². The Morgan fingerprint density at radius 3 is 1.32 bits per heavy atom. The Hall–Kier alpha value is -2.37. The predicted octanol–water partition coefficient (Wildman–Crippen LogP) is 8.69. The molecular weight excluding hydrogens is 714 g/mol. The summed E-state index contributed by atoms with van der Waals surface area (Å²) in [5.41, 5.74) is 14.8. The van der Waals surface area contributed by atoms with Gasteiger partial charge >= 0.3 is 228 Å². The molecule has 0 radical (unpaired) electrons. The molecule has 0 bridgehead atoms. The predicted molar refractivity (Wildman–Crippen MR) is 175 cm³/mol. The summed E-state index contributed by atoms with van der Waals surface area (Å²) in [6.07, 6.45) is 0. The summed E-state index contributed by atoms with van der Waals surface area (Å²) in [6.45, 7) is 2.45. The first-order chi connectivity index (χ1) is 18.3. The monoisotopic (exact) mass is 748 g/mol. The van der Waals surface area contributed by atoms with Gasteiger partial charge in [0.1, 0.15) is 0 Å². The molecule has 8 rings (SSSR count). The van der Waals surface area contributed by atoms with E-state index in [0.717, 1.165) is 0 Å². The molecule has 202 valence electrons. The van der Waals surface area contributed by atoms with E-state index >= 15 is 0 Å². The first kappa shape index (κ1) is 27.8. The van der Waals surface area contributed by atoms with Crippen molar-refractivity contribution in [3.05, 3.63) is 120 Å². The van der Waals surface area contributed by atoms with Gasteiger partial charge in [-0.05, 0) is 0 Å². The van der Waals surface area contributed by atoms with Crippen LogP contribution in [0.15, 0.2) is 97.1 Å². The van der Waals surface area contributed by atoms with Crippen molar-refractivity contribution in [2.45, 2.75) is 16.7 Å². The molecule has 0 fully saturated rings. The Bertz CT molecular complexity index is 1920. The molecule has 2 aromatic heterocycles. The number of benzene rings is 4. The molecule has 2 aliphatic rings. The molecular formula is C34H34Cl2HfN2Si. The fourth-order valence-corrected chi connectivity index (χ4v) is 34.4. The molecule has 0 amide bonds. The van der Waals surface area contributed by atoms with Crippen molar-refractivity contribution in [2.24, 2.45) is 14.1 Å². The SMILES string of the molecule is Cl.Cl.Cn1c2c(c3ccccc31)-c1ccccc1[CH]2[Hf]([CH3])([CH3])(=[SiH2])[CH]1c2ccccc2-c2c1n(C)c1ccccc21. The summed E-state index contributed by atoms with van der Waals surface area (Å²) in [7, 11) is 4.61. The number of hydrogen-bond acceptors (Lipinski definition) is 0. The maximum atomic E-state index is 2.76. The average Bonchev–Trinajstić information content (AvgIpc) is 3.62. The number of rotatable bonds is 2. The van der Waals surface area contributed by atoms with Crippen molar-refractivity contribution >= 4 is 53.6 Å². The third-order valence-corrected chi connectivity index (χ3v) is 34.3. The van der Waals surface area contributed by atoms with E-state index in [1.807, 2.05) is 0 Å². The van der Waals surface area contributed by atoms with E-state index in [1.54, 1.807) is 22.5 Å². The third-order valence-electron chi connectivity index (χ3n) is 9.83. The summed E-state index contributed by atoms with van der Waals surface area (Å²) < 4.78 is 11.5. The van der Waals surface area contributed by atoms with E-state index in [9.17, 15) is 0 Å². The summed E-state index contributed by atoms with van der Waals surface area (Å²) in [5, 5.41) is 2.79. The van der Waals surface area contributed by atoms with Crippen molar-refractivity contribution < 1.29 is 17.1 Å². The minimum atomic E-state index is -3.93. The van der Waals surface area contributed by atoms with Gasteiger partial charge in [-0.1, -0.05) is 0 Å². The van der Waals surface area contributed by atoms with Gasteiger partial charge in [0, 0.05) is 0 Å². The molecule has 6 aromatic rings. The Balaban J connectivity index is 0.00000145. The topological polar surface area (TPSA) is 9.86 Å². The normalized spacial score (nSPS) is 17.1. The van der Waals surface area contributed by atoms with Crippen LogP contribution in [0.1, 0.15) is 29.9 Å². The van der Waals surface area contributed by atoms with E-state index in [0.29, 0.717) is 7.35 Å². The van der Waals surface area contributed by atoms with E-state index in [-0.39, 0.29) is 24.8 Å². The van der Waals surface area contributed by atoms with Gasteiger partial charge in [0.05, 0.1) is 0 Å². The summed E-state index contributed by atoms with van der Waals surface area (Å²) >= 11 is -3.93. The van der Waals surface area contributed by atoms with Crippen LogP contribution in [0, 0.1) is 0 Å². The van der Waals surface area contributed by atoms with Crippen LogP contribution >= 0.6 is 24.8 Å². The van der Waals surface area contributed by atoms with E-state index in [1.165, 1.54) is 44.1 Å². The van der Waals surface area contributed by atoms with Gasteiger partial charge in [0.25, 0.3) is 0 Å². The number of para-hydroxylation sites is 2. The van der Waals surface area contributed by atoms with Gasteiger partial charge in [0.2, 0.25) is 0 Å². The van der Waals surface area contributed by atoms with Crippen molar-refractivity contribution in [2.75, 3.05) is 0 Å². The molecule has 0 spiro atoms. The molecule has 6 heteroatoms. The quantitative estimate of drug-likeness (QED) is 0.157. The molecule has 0 saturated heterocycles. The molecule has 0 N–H and O–H groups in total. The van der Waals surface area contributed by atoms with Crippen LogP contribution in [0.3, 0.4) is 0 Å². The number of fused-ring (bicyclic) bond motifs is 10. The van der Waals surface area contributed by atoms with Gasteiger partial charge in [-0.25, -0.2) is 0 Å². The Labute approximate surface area is 250 Å². The van der Waals surface area contributed by atoms with E-state index in [4.69, 9.17) is 0 Å². The number of nitrogens with zero attached hydrogens (tertiary/aromatic N) is 2. The second-order valence-corrected chi connectivity index (χ2v) is 56.2. The van der Waals surface area contributed by atoms with Crippen LogP contribution in [0.25, 0.3) is 44.1 Å². The molecule has 2 aliphatic carbocycles. The van der Waals surface area contributed by atoms with Crippen molar-refractivity contribution in [1.82, 2.24) is 9.13 Å². The number of aromatic nitrogens is 2. The van der Waals surface area contributed by atoms with Gasteiger partial charge < -0.3 is 0 Å². The van der Waals surface area contributed by atoms with Crippen LogP contribution in [0.2, 0.25) is 9.36 Å². The first-order valence-corrected chi connectivity index (χ1v) is 33.3. The average molecular weight is 748 g/mol. The number of hydrogen-bond donors (Lipinski definition) is 0. The fraction of sp³-hybridized carbons (Fsp3) is 0.176. The molecule has 2 heterocycles. The van der Waals surface area contributed by atoms with E-state index in [2.05, 4.69) is 137 Å². The maximum absolute atomic E-state index is 3.93. The summed E-state index contributed by atoms with van der Waals surface area (Å²) in [6, 6.07) is 36.7. The van der Waals surface area contributed by atoms with Gasteiger partial charge in [-0.3, -0.25) is 0 Å². The van der Waals surface area contributed by atoms with Crippen LogP contribution in [-0.2, 0) is 31.2 Å².